The van der Waals surface area contributed by atoms with Crippen LogP contribution < -0.4 is 5.30 Å². The molecule has 0 fully saturated rings. The highest BCUT2D eigenvalue weighted by molar-refractivity contribution is 7.27. The maximum atomic E-state index is 12.2. The van der Waals surface area contributed by atoms with Crippen molar-refractivity contribution in [2.75, 3.05) is 0 Å². The predicted molar refractivity (Wildman–Crippen MR) is 53.0 cm³/mol. The molecule has 1 rings (SSSR count). The number of benzene rings is 1. The normalized spacial score (nSPS) is 12.2. The van der Waals surface area contributed by atoms with Crippen molar-refractivity contribution in [2.24, 2.45) is 0 Å². The van der Waals surface area contributed by atoms with Crippen molar-refractivity contribution in [1.82, 2.24) is 0 Å². The van der Waals surface area contributed by atoms with E-state index in [9.17, 15) is 26.3 Å². The van der Waals surface area contributed by atoms with Gasteiger partial charge in [-0.3, -0.25) is 0 Å². The summed E-state index contributed by atoms with van der Waals surface area (Å²) in [5, 5.41) is -0.155. The van der Waals surface area contributed by atoms with Crippen molar-refractivity contribution in [1.29, 1.82) is 0 Å². The van der Waals surface area contributed by atoms with Crippen LogP contribution in [0.5, 0.6) is 0 Å². The van der Waals surface area contributed by atoms with Crippen LogP contribution in [0.4, 0.5) is 26.3 Å². The highest BCUT2D eigenvalue weighted by atomic mass is 35.5. The Morgan fingerprint density at radius 1 is 0.750 bits per heavy atom. The third kappa shape index (κ3) is 3.83. The molecule has 1 aromatic rings. The molecule has 0 bridgehead atoms. The average molecular weight is 283 g/mol. The summed E-state index contributed by atoms with van der Waals surface area (Å²) in [6, 6.07) is 1.37. The van der Waals surface area contributed by atoms with Crippen LogP contribution in [-0.2, 0) is 12.4 Å². The van der Waals surface area contributed by atoms with Crippen LogP contribution in [0.1, 0.15) is 11.1 Å². The van der Waals surface area contributed by atoms with Gasteiger partial charge in [0.25, 0.3) is 0 Å². The third-order valence-electron chi connectivity index (χ3n) is 1.61. The molecule has 0 radical (unpaired) electrons. The Kier molecular flexibility index (Phi) is 4.65. The Bertz CT molecular complexity index is 338. The second-order valence-corrected chi connectivity index (χ2v) is 3.51. The second kappa shape index (κ2) is 4.80. The number of hydrogen-bond donors (Lipinski definition) is 0. The van der Waals surface area contributed by atoms with Gasteiger partial charge in [0, 0.05) is 0 Å². The summed E-state index contributed by atoms with van der Waals surface area (Å²) in [6.45, 7) is 0. The number of hydrogen-bond acceptors (Lipinski definition) is 0. The Hall–Kier alpha value is -0.480. The minimum atomic E-state index is -4.77. The van der Waals surface area contributed by atoms with Gasteiger partial charge in [0.15, 0.2) is 0 Å². The molecule has 0 aliphatic carbocycles. The zero-order chi connectivity index (χ0) is 11.9. The molecule has 0 nitrogen and oxygen atoms in total. The first-order chi connectivity index (χ1) is 6.60. The van der Waals surface area contributed by atoms with E-state index in [0.29, 0.717) is 12.1 Å². The van der Waals surface area contributed by atoms with E-state index >= 15 is 0 Å². The van der Waals surface area contributed by atoms with E-state index in [1.54, 1.807) is 0 Å². The third-order valence-corrected chi connectivity index (χ3v) is 1.94. The van der Waals surface area contributed by atoms with Gasteiger partial charge in [-0.05, 0) is 23.5 Å². The van der Waals surface area contributed by atoms with Crippen LogP contribution >= 0.6 is 21.6 Å². The van der Waals surface area contributed by atoms with Crippen molar-refractivity contribution in [3.8, 4) is 0 Å². The van der Waals surface area contributed by atoms with Crippen LogP contribution in [-0.4, -0.2) is 0 Å². The largest absolute Gasteiger partial charge is 0.416 e. The highest BCUT2D eigenvalue weighted by Crippen LogP contribution is 2.34. The van der Waals surface area contributed by atoms with Gasteiger partial charge < -0.3 is 0 Å². The van der Waals surface area contributed by atoms with Crippen molar-refractivity contribution in [3.63, 3.8) is 0 Å². The lowest BCUT2D eigenvalue weighted by Gasteiger charge is -2.12. The van der Waals surface area contributed by atoms with E-state index < -0.39 is 23.5 Å². The lowest BCUT2D eigenvalue weighted by Crippen LogP contribution is -2.14. The summed E-state index contributed by atoms with van der Waals surface area (Å²) >= 11 is 0. The summed E-state index contributed by atoms with van der Waals surface area (Å²) in [5.74, 6) is 0. The monoisotopic (exact) mass is 282 g/mol. The fraction of sp³-hybridized carbons (Fsp3) is 0.250. The van der Waals surface area contributed by atoms with Gasteiger partial charge in [-0.15, -0.1) is 21.6 Å². The summed E-state index contributed by atoms with van der Waals surface area (Å²) in [7, 11) is 1.81. The van der Waals surface area contributed by atoms with E-state index in [1.165, 1.54) is 0 Å². The fourth-order valence-electron chi connectivity index (χ4n) is 0.979. The van der Waals surface area contributed by atoms with Crippen LogP contribution in [0.25, 0.3) is 0 Å². The number of rotatable bonds is 0. The molecule has 0 heterocycles. The maximum Gasteiger partial charge on any atom is 0.416 e. The van der Waals surface area contributed by atoms with Gasteiger partial charge in [0.1, 0.15) is 0 Å². The van der Waals surface area contributed by atoms with Crippen molar-refractivity contribution >= 4 is 27.0 Å². The minimum Gasteiger partial charge on any atom is -0.166 e. The van der Waals surface area contributed by atoms with Crippen LogP contribution in [0.3, 0.4) is 0 Å². The summed E-state index contributed by atoms with van der Waals surface area (Å²) < 4.78 is 73.0. The molecule has 8 heteroatoms. The topological polar surface area (TPSA) is 0 Å². The molecule has 1 atom stereocenters. The van der Waals surface area contributed by atoms with Crippen LogP contribution in [0, 0.1) is 0 Å². The summed E-state index contributed by atoms with van der Waals surface area (Å²) in [5.41, 5.74) is -2.61. The molecule has 0 amide bonds. The van der Waals surface area contributed by atoms with E-state index in [4.69, 9.17) is 0 Å². The average Bonchev–Trinajstić information content (AvgIpc) is 1.99. The first-order valence-electron chi connectivity index (χ1n) is 3.65. The molecule has 0 aliphatic rings. The van der Waals surface area contributed by atoms with Gasteiger partial charge in [-0.2, -0.15) is 26.3 Å². The summed E-state index contributed by atoms with van der Waals surface area (Å²) in [4.78, 5) is 0. The standard InChI is InChI=1S/C8H5F6P.ClH/c9-7(10,11)4-1-5(8(12,13)14)3-6(15)2-4;/h1-3H,15H2;1H. The predicted octanol–water partition coefficient (Wildman–Crippen LogP) is 3.65. The second-order valence-electron chi connectivity index (χ2n) is 2.84. The molecule has 0 saturated heterocycles. The molecule has 16 heavy (non-hydrogen) atoms. The Morgan fingerprint density at radius 2 is 1.06 bits per heavy atom. The Balaban J connectivity index is 0.00000225. The first-order valence-corrected chi connectivity index (χ1v) is 4.23. The van der Waals surface area contributed by atoms with Gasteiger partial charge in [0.05, 0.1) is 11.1 Å². The smallest absolute Gasteiger partial charge is 0.166 e. The zero-order valence-electron chi connectivity index (χ0n) is 7.49. The van der Waals surface area contributed by atoms with Crippen LogP contribution in [0.15, 0.2) is 18.2 Å². The lowest BCUT2D eigenvalue weighted by atomic mass is 10.1. The molecule has 0 saturated carbocycles. The molecule has 0 N–H and O–H groups in total. The van der Waals surface area contributed by atoms with E-state index in [0.717, 1.165) is 0 Å². The Labute approximate surface area is 95.6 Å². The molecule has 0 aliphatic heterocycles. The molecule has 92 valence electrons. The molecular weight excluding hydrogens is 277 g/mol. The molecule has 0 aromatic heterocycles. The van der Waals surface area contributed by atoms with E-state index in [2.05, 4.69) is 0 Å². The molecule has 1 unspecified atom stereocenters. The molecule has 0 spiro atoms. The van der Waals surface area contributed by atoms with E-state index in [1.807, 2.05) is 9.24 Å². The van der Waals surface area contributed by atoms with Crippen LogP contribution in [0.2, 0.25) is 0 Å². The Morgan fingerprint density at radius 3 is 1.31 bits per heavy atom. The fourth-order valence-corrected chi connectivity index (χ4v) is 1.34. The SMILES string of the molecule is Cl.FC(F)(F)c1cc(P)cc(C(F)(F)F)c1. The number of halogens is 7. The van der Waals surface area contributed by atoms with Gasteiger partial charge in [-0.25, -0.2) is 0 Å². The lowest BCUT2D eigenvalue weighted by molar-refractivity contribution is -0.142. The van der Waals surface area contributed by atoms with Crippen molar-refractivity contribution < 1.29 is 26.3 Å². The maximum absolute atomic E-state index is 12.2. The number of alkyl halides is 6. The van der Waals surface area contributed by atoms with Gasteiger partial charge >= 0.3 is 12.4 Å². The first kappa shape index (κ1) is 15.5. The minimum absolute atomic E-state index is 0. The molecule has 1 aromatic carbocycles. The molecular formula is C8H6ClF6P. The van der Waals surface area contributed by atoms with Crippen molar-refractivity contribution in [3.05, 3.63) is 29.3 Å². The zero-order valence-corrected chi connectivity index (χ0v) is 9.46. The summed E-state index contributed by atoms with van der Waals surface area (Å²) in [6.07, 6.45) is -9.54. The van der Waals surface area contributed by atoms with Gasteiger partial charge in [-0.1, -0.05) is 0 Å². The van der Waals surface area contributed by atoms with Crippen molar-refractivity contribution in [2.45, 2.75) is 12.4 Å². The van der Waals surface area contributed by atoms with E-state index in [-0.39, 0.29) is 23.8 Å². The highest BCUT2D eigenvalue weighted by Gasteiger charge is 2.36. The van der Waals surface area contributed by atoms with Gasteiger partial charge in [0.2, 0.25) is 0 Å². The quantitative estimate of drug-likeness (QED) is 0.503.